The fourth-order valence-corrected chi connectivity index (χ4v) is 1.61. The summed E-state index contributed by atoms with van der Waals surface area (Å²) in [6.07, 6.45) is -2.95. The topological polar surface area (TPSA) is 56.7 Å². The molecule has 0 aliphatic heterocycles. The first kappa shape index (κ1) is 12.6. The third kappa shape index (κ3) is 2.21. The summed E-state index contributed by atoms with van der Waals surface area (Å²) in [6.45, 7) is 1.86. The highest BCUT2D eigenvalue weighted by molar-refractivity contribution is 5.44. The molecule has 2 rings (SSSR count). The van der Waals surface area contributed by atoms with Crippen molar-refractivity contribution in [2.24, 2.45) is 5.73 Å². The summed E-state index contributed by atoms with van der Waals surface area (Å²) in [5.41, 5.74) is 6.32. The van der Waals surface area contributed by atoms with Gasteiger partial charge in [0.25, 0.3) is 0 Å². The standard InChI is InChI=1S/C11H11F3N4/c1-7-2-3-8(11(12,13)14)4-10(7)18-9(5-15)6-16-17-18/h2-4,6H,5,15H2,1H3. The van der Waals surface area contributed by atoms with Crippen LogP contribution in [0, 0.1) is 6.92 Å². The summed E-state index contributed by atoms with van der Waals surface area (Å²) in [5, 5.41) is 7.41. The number of alkyl halides is 3. The summed E-state index contributed by atoms with van der Waals surface area (Å²) in [7, 11) is 0. The lowest BCUT2D eigenvalue weighted by atomic mass is 10.1. The number of benzene rings is 1. The van der Waals surface area contributed by atoms with Gasteiger partial charge >= 0.3 is 6.18 Å². The molecule has 1 aromatic carbocycles. The zero-order valence-corrected chi connectivity index (χ0v) is 9.57. The van der Waals surface area contributed by atoms with Crippen LogP contribution in [0.5, 0.6) is 0 Å². The fraction of sp³-hybridized carbons (Fsp3) is 0.273. The molecule has 0 bridgehead atoms. The van der Waals surface area contributed by atoms with Gasteiger partial charge in [-0.1, -0.05) is 11.3 Å². The molecule has 0 saturated heterocycles. The minimum Gasteiger partial charge on any atom is -0.325 e. The Morgan fingerprint density at radius 1 is 1.33 bits per heavy atom. The van der Waals surface area contributed by atoms with Crippen LogP contribution in [0.2, 0.25) is 0 Å². The number of rotatable bonds is 2. The maximum Gasteiger partial charge on any atom is 0.416 e. The zero-order valence-electron chi connectivity index (χ0n) is 9.57. The molecule has 0 fully saturated rings. The smallest absolute Gasteiger partial charge is 0.325 e. The molecule has 2 aromatic rings. The highest BCUT2D eigenvalue weighted by atomic mass is 19.4. The van der Waals surface area contributed by atoms with Crippen molar-refractivity contribution in [2.75, 3.05) is 0 Å². The second-order valence-corrected chi connectivity index (χ2v) is 3.84. The van der Waals surface area contributed by atoms with E-state index >= 15 is 0 Å². The highest BCUT2D eigenvalue weighted by Gasteiger charge is 2.31. The molecule has 4 nitrogen and oxygen atoms in total. The molecular formula is C11H11F3N4. The average Bonchev–Trinajstić information content (AvgIpc) is 2.76. The summed E-state index contributed by atoms with van der Waals surface area (Å²) in [5.74, 6) is 0. The van der Waals surface area contributed by atoms with Gasteiger partial charge in [-0.05, 0) is 24.6 Å². The van der Waals surface area contributed by atoms with Crippen LogP contribution in [0.15, 0.2) is 24.4 Å². The largest absolute Gasteiger partial charge is 0.416 e. The summed E-state index contributed by atoms with van der Waals surface area (Å²) in [6, 6.07) is 3.49. The number of halogens is 3. The van der Waals surface area contributed by atoms with Gasteiger partial charge in [-0.25, -0.2) is 4.68 Å². The van der Waals surface area contributed by atoms with Crippen LogP contribution >= 0.6 is 0 Å². The quantitative estimate of drug-likeness (QED) is 0.894. The average molecular weight is 256 g/mol. The number of aryl methyl sites for hydroxylation is 1. The van der Waals surface area contributed by atoms with Gasteiger partial charge in [0, 0.05) is 6.54 Å². The van der Waals surface area contributed by atoms with Crippen molar-refractivity contribution in [3.8, 4) is 5.69 Å². The van der Waals surface area contributed by atoms with E-state index in [9.17, 15) is 13.2 Å². The predicted molar refractivity (Wildman–Crippen MR) is 59.0 cm³/mol. The minimum atomic E-state index is -4.38. The van der Waals surface area contributed by atoms with E-state index in [1.165, 1.54) is 16.9 Å². The van der Waals surface area contributed by atoms with Gasteiger partial charge in [0.1, 0.15) is 0 Å². The van der Waals surface area contributed by atoms with Crippen LogP contribution in [-0.4, -0.2) is 15.0 Å². The van der Waals surface area contributed by atoms with E-state index in [2.05, 4.69) is 10.3 Å². The number of nitrogens with two attached hydrogens (primary N) is 1. The molecule has 0 atom stereocenters. The SMILES string of the molecule is Cc1ccc(C(F)(F)F)cc1-n1nncc1CN. The molecule has 1 aromatic heterocycles. The van der Waals surface area contributed by atoms with Gasteiger partial charge in [0.15, 0.2) is 0 Å². The summed E-state index contributed by atoms with van der Waals surface area (Å²) in [4.78, 5) is 0. The number of aromatic nitrogens is 3. The molecular weight excluding hydrogens is 245 g/mol. The van der Waals surface area contributed by atoms with Crippen LogP contribution < -0.4 is 5.73 Å². The van der Waals surface area contributed by atoms with Crippen LogP contribution in [0.4, 0.5) is 13.2 Å². The van der Waals surface area contributed by atoms with Crippen molar-refractivity contribution < 1.29 is 13.2 Å². The van der Waals surface area contributed by atoms with E-state index < -0.39 is 11.7 Å². The van der Waals surface area contributed by atoms with Crippen molar-refractivity contribution in [3.05, 3.63) is 41.2 Å². The summed E-state index contributed by atoms with van der Waals surface area (Å²) >= 11 is 0. The molecule has 18 heavy (non-hydrogen) atoms. The van der Waals surface area contributed by atoms with Gasteiger partial charge in [-0.2, -0.15) is 13.2 Å². The molecule has 0 radical (unpaired) electrons. The van der Waals surface area contributed by atoms with Crippen molar-refractivity contribution in [1.29, 1.82) is 0 Å². The number of nitrogens with zero attached hydrogens (tertiary/aromatic N) is 3. The fourth-order valence-electron chi connectivity index (χ4n) is 1.61. The predicted octanol–water partition coefficient (Wildman–Crippen LogP) is 2.05. The molecule has 1 heterocycles. The summed E-state index contributed by atoms with van der Waals surface area (Å²) < 4.78 is 39.3. The first-order valence-corrected chi connectivity index (χ1v) is 5.21. The van der Waals surface area contributed by atoms with E-state index in [1.807, 2.05) is 0 Å². The molecule has 7 heteroatoms. The molecule has 0 amide bonds. The van der Waals surface area contributed by atoms with Crippen molar-refractivity contribution in [2.45, 2.75) is 19.6 Å². The van der Waals surface area contributed by atoms with Gasteiger partial charge < -0.3 is 5.73 Å². The van der Waals surface area contributed by atoms with Gasteiger partial charge in [-0.15, -0.1) is 5.10 Å². The molecule has 0 aliphatic carbocycles. The monoisotopic (exact) mass is 256 g/mol. The van der Waals surface area contributed by atoms with Crippen LogP contribution in [0.25, 0.3) is 5.69 Å². The molecule has 0 aliphatic rings. The maximum absolute atomic E-state index is 12.7. The Kier molecular flexibility index (Phi) is 3.08. The Hall–Kier alpha value is -1.89. The Morgan fingerprint density at radius 2 is 2.06 bits per heavy atom. The molecule has 96 valence electrons. The third-order valence-corrected chi connectivity index (χ3v) is 2.59. The first-order valence-electron chi connectivity index (χ1n) is 5.21. The van der Waals surface area contributed by atoms with Crippen LogP contribution in [0.1, 0.15) is 16.8 Å². The van der Waals surface area contributed by atoms with Crippen LogP contribution in [-0.2, 0) is 12.7 Å². The van der Waals surface area contributed by atoms with E-state index in [4.69, 9.17) is 5.73 Å². The zero-order chi connectivity index (χ0) is 13.3. The lowest BCUT2D eigenvalue weighted by molar-refractivity contribution is -0.137. The lowest BCUT2D eigenvalue weighted by Gasteiger charge is -2.12. The molecule has 2 N–H and O–H groups in total. The first-order chi connectivity index (χ1) is 8.43. The van der Waals surface area contributed by atoms with E-state index in [0.717, 1.165) is 12.1 Å². The minimum absolute atomic E-state index is 0.155. The second kappa shape index (κ2) is 4.41. The normalized spacial score (nSPS) is 11.8. The van der Waals surface area contributed by atoms with Crippen LogP contribution in [0.3, 0.4) is 0 Å². The van der Waals surface area contributed by atoms with E-state index in [1.54, 1.807) is 6.92 Å². The third-order valence-electron chi connectivity index (χ3n) is 2.59. The second-order valence-electron chi connectivity index (χ2n) is 3.84. The molecule has 0 spiro atoms. The van der Waals surface area contributed by atoms with Gasteiger partial charge in [0.05, 0.1) is 23.1 Å². The maximum atomic E-state index is 12.7. The van der Waals surface area contributed by atoms with Gasteiger partial charge in [0.2, 0.25) is 0 Å². The Bertz CT molecular complexity index is 560. The van der Waals surface area contributed by atoms with Crippen molar-refractivity contribution in [1.82, 2.24) is 15.0 Å². The number of hydrogen-bond acceptors (Lipinski definition) is 3. The Balaban J connectivity index is 2.57. The van der Waals surface area contributed by atoms with E-state index in [-0.39, 0.29) is 6.54 Å². The Morgan fingerprint density at radius 3 is 2.67 bits per heavy atom. The van der Waals surface area contributed by atoms with E-state index in [0.29, 0.717) is 16.9 Å². The molecule has 0 saturated carbocycles. The van der Waals surface area contributed by atoms with Crippen molar-refractivity contribution in [3.63, 3.8) is 0 Å². The Labute approximate surface area is 101 Å². The highest BCUT2D eigenvalue weighted by Crippen LogP contribution is 2.31. The van der Waals surface area contributed by atoms with Gasteiger partial charge in [-0.3, -0.25) is 0 Å². The molecule has 0 unspecified atom stereocenters. The lowest BCUT2D eigenvalue weighted by Crippen LogP contribution is -2.11. The van der Waals surface area contributed by atoms with Crippen molar-refractivity contribution >= 4 is 0 Å². The number of hydrogen-bond donors (Lipinski definition) is 1.